The lowest BCUT2D eigenvalue weighted by Crippen LogP contribution is -2.68. The molecule has 0 aromatic rings. The average Bonchev–Trinajstić information content (AvgIpc) is 2.75. The van der Waals surface area contributed by atoms with E-state index in [1.165, 1.54) is 5.57 Å². The van der Waals surface area contributed by atoms with Crippen LogP contribution in [0.4, 0.5) is 0 Å². The largest absolute Gasteiger partial charge is 0.481 e. The first-order valence-electron chi connectivity index (χ1n) is 14.0. The van der Waals surface area contributed by atoms with Crippen LogP contribution in [0.25, 0.3) is 0 Å². The van der Waals surface area contributed by atoms with E-state index >= 15 is 0 Å². The second-order valence-corrected chi connectivity index (χ2v) is 14.9. The number of fused-ring (bicyclic) bond motifs is 7. The van der Waals surface area contributed by atoms with Crippen LogP contribution in [-0.2, 0) is 4.79 Å². The van der Waals surface area contributed by atoms with Gasteiger partial charge in [0, 0.05) is 5.92 Å². The number of allylic oxidation sites excluding steroid dienone is 1. The van der Waals surface area contributed by atoms with Crippen molar-refractivity contribution in [3.8, 4) is 0 Å². The molecule has 0 amide bonds. The van der Waals surface area contributed by atoms with Gasteiger partial charge in [-0.2, -0.15) is 0 Å². The van der Waals surface area contributed by atoms with Gasteiger partial charge < -0.3 is 20.4 Å². The zero-order chi connectivity index (χ0) is 26.0. The van der Waals surface area contributed by atoms with Gasteiger partial charge in [0.1, 0.15) is 0 Å². The lowest BCUT2D eigenvalue weighted by atomic mass is 9.33. The number of carbonyl (C=O) groups is 1. The standard InChI is InChI=1S/C30H48O5/c1-17-10-13-30(24(33)34)15-14-27(5)18(22(30)29(17,7)35)8-9-21-26(4)16-19(31)23(32)25(2,3)20(26)11-12-28(21,27)6/h8,17,19-23,31-32,35H,9-16H2,1-7H3,(H,33,34)/t17-,19+,20-,21+,22+,23+,26-,27+,28+,29-,30-/m0/s1. The summed E-state index contributed by atoms with van der Waals surface area (Å²) in [6.07, 6.45) is 7.21. The molecule has 35 heavy (non-hydrogen) atoms. The third kappa shape index (κ3) is 2.90. The monoisotopic (exact) mass is 488 g/mol. The van der Waals surface area contributed by atoms with Gasteiger partial charge in [0.25, 0.3) is 0 Å². The number of aliphatic carboxylic acids is 1. The fraction of sp³-hybridized carbons (Fsp3) is 0.900. The Morgan fingerprint density at radius 2 is 1.60 bits per heavy atom. The fourth-order valence-electron chi connectivity index (χ4n) is 11.0. The van der Waals surface area contributed by atoms with E-state index < -0.39 is 29.2 Å². The summed E-state index contributed by atoms with van der Waals surface area (Å²) in [6, 6.07) is 0. The van der Waals surface area contributed by atoms with Gasteiger partial charge in [-0.05, 0) is 97.7 Å². The van der Waals surface area contributed by atoms with Gasteiger partial charge in [0.05, 0.1) is 23.2 Å². The third-order valence-electron chi connectivity index (χ3n) is 13.4. The minimum Gasteiger partial charge on any atom is -0.481 e. The summed E-state index contributed by atoms with van der Waals surface area (Å²) >= 11 is 0. The van der Waals surface area contributed by atoms with Gasteiger partial charge >= 0.3 is 5.97 Å². The highest BCUT2D eigenvalue weighted by Gasteiger charge is 2.71. The summed E-state index contributed by atoms with van der Waals surface area (Å²) in [5.41, 5.74) is -1.46. The SMILES string of the molecule is C[C@H]1CC[C@]2(C(=O)O)CC[C@]3(C)C(=CC[C@@H]4[C@@]5(C)C[C@@H](O)[C@@H](O)C(C)(C)[C@@H]5CC[C@]43C)[C@@H]2[C@@]1(C)O. The fourth-order valence-corrected chi connectivity index (χ4v) is 11.0. The predicted octanol–water partition coefficient (Wildman–Crippen LogP) is 5.18. The van der Waals surface area contributed by atoms with Crippen molar-refractivity contribution in [2.75, 3.05) is 0 Å². The van der Waals surface area contributed by atoms with E-state index in [-0.39, 0.29) is 33.5 Å². The number of aliphatic hydroxyl groups excluding tert-OH is 2. The second-order valence-electron chi connectivity index (χ2n) is 14.9. The summed E-state index contributed by atoms with van der Waals surface area (Å²) in [5.74, 6) is -0.394. The van der Waals surface area contributed by atoms with Crippen LogP contribution in [0, 0.1) is 50.7 Å². The Morgan fingerprint density at radius 3 is 2.23 bits per heavy atom. The molecule has 0 spiro atoms. The molecule has 0 unspecified atom stereocenters. The van der Waals surface area contributed by atoms with Gasteiger partial charge in [-0.25, -0.2) is 0 Å². The Labute approximate surface area is 211 Å². The zero-order valence-electron chi connectivity index (χ0n) is 22.9. The van der Waals surface area contributed by atoms with Crippen LogP contribution >= 0.6 is 0 Å². The molecule has 5 nitrogen and oxygen atoms in total. The molecule has 0 aromatic carbocycles. The lowest BCUT2D eigenvalue weighted by Gasteiger charge is -2.72. The number of hydrogen-bond acceptors (Lipinski definition) is 4. The predicted molar refractivity (Wildman–Crippen MR) is 135 cm³/mol. The van der Waals surface area contributed by atoms with Crippen LogP contribution in [0.3, 0.4) is 0 Å². The first kappa shape index (κ1) is 25.7. The van der Waals surface area contributed by atoms with E-state index in [9.17, 15) is 25.2 Å². The molecule has 0 heterocycles. The molecule has 0 aliphatic heterocycles. The van der Waals surface area contributed by atoms with E-state index in [1.807, 2.05) is 6.92 Å². The molecule has 4 N–H and O–H groups in total. The van der Waals surface area contributed by atoms with E-state index in [4.69, 9.17) is 0 Å². The smallest absolute Gasteiger partial charge is 0.310 e. The first-order valence-corrected chi connectivity index (χ1v) is 14.0. The van der Waals surface area contributed by atoms with Gasteiger partial charge in [0.2, 0.25) is 0 Å². The highest BCUT2D eigenvalue weighted by molar-refractivity contribution is 5.77. The van der Waals surface area contributed by atoms with Gasteiger partial charge in [0.15, 0.2) is 0 Å². The maximum Gasteiger partial charge on any atom is 0.310 e. The van der Waals surface area contributed by atoms with Crippen LogP contribution in [0.2, 0.25) is 0 Å². The number of carboxylic acid groups (broad SMARTS) is 1. The molecule has 11 atom stereocenters. The summed E-state index contributed by atoms with van der Waals surface area (Å²) in [5, 5.41) is 44.3. The van der Waals surface area contributed by atoms with Crippen molar-refractivity contribution in [1.82, 2.24) is 0 Å². The number of hydrogen-bond donors (Lipinski definition) is 4. The van der Waals surface area contributed by atoms with Crippen molar-refractivity contribution in [3.63, 3.8) is 0 Å². The van der Waals surface area contributed by atoms with Crippen molar-refractivity contribution in [3.05, 3.63) is 11.6 Å². The summed E-state index contributed by atoms with van der Waals surface area (Å²) in [7, 11) is 0. The van der Waals surface area contributed by atoms with Crippen LogP contribution in [0.15, 0.2) is 11.6 Å². The minimum atomic E-state index is -1.05. The van der Waals surface area contributed by atoms with Gasteiger partial charge in [-0.15, -0.1) is 0 Å². The summed E-state index contributed by atoms with van der Waals surface area (Å²) in [6.45, 7) is 15.3. The van der Waals surface area contributed by atoms with Crippen molar-refractivity contribution in [2.24, 2.45) is 50.7 Å². The second kappa shape index (κ2) is 7.35. The molecule has 5 aliphatic rings. The minimum absolute atomic E-state index is 0.0535. The molecule has 0 radical (unpaired) electrons. The molecule has 0 saturated heterocycles. The van der Waals surface area contributed by atoms with Gasteiger partial charge in [-0.3, -0.25) is 4.79 Å². The van der Waals surface area contributed by atoms with E-state index in [0.29, 0.717) is 31.1 Å². The van der Waals surface area contributed by atoms with E-state index in [0.717, 1.165) is 32.1 Å². The molecule has 5 rings (SSSR count). The van der Waals surface area contributed by atoms with Crippen LogP contribution < -0.4 is 0 Å². The Hall–Kier alpha value is -0.910. The van der Waals surface area contributed by atoms with Crippen molar-refractivity contribution < 1.29 is 25.2 Å². The maximum absolute atomic E-state index is 12.8. The topological polar surface area (TPSA) is 98.0 Å². The molecule has 0 bridgehead atoms. The van der Waals surface area contributed by atoms with Gasteiger partial charge in [-0.1, -0.05) is 53.2 Å². The van der Waals surface area contributed by atoms with E-state index in [2.05, 4.69) is 47.6 Å². The van der Waals surface area contributed by atoms with E-state index in [1.54, 1.807) is 0 Å². The zero-order valence-corrected chi connectivity index (χ0v) is 22.9. The highest BCUT2D eigenvalue weighted by atomic mass is 16.4. The normalized spacial score (nSPS) is 57.1. The molecule has 198 valence electrons. The maximum atomic E-state index is 12.8. The van der Waals surface area contributed by atoms with Crippen LogP contribution in [0.1, 0.15) is 99.8 Å². The molecule has 0 aromatic heterocycles. The molecule has 5 heteroatoms. The third-order valence-corrected chi connectivity index (χ3v) is 13.4. The Bertz CT molecular complexity index is 952. The van der Waals surface area contributed by atoms with Crippen LogP contribution in [0.5, 0.6) is 0 Å². The molecule has 5 aliphatic carbocycles. The first-order chi connectivity index (χ1) is 16.0. The Kier molecular flexibility index (Phi) is 5.40. The van der Waals surface area contributed by atoms with Crippen molar-refractivity contribution in [2.45, 2.75) is 118 Å². The lowest BCUT2D eigenvalue weighted by molar-refractivity contribution is -0.237. The highest BCUT2D eigenvalue weighted by Crippen LogP contribution is 2.76. The number of rotatable bonds is 1. The molecular formula is C30H48O5. The van der Waals surface area contributed by atoms with Crippen molar-refractivity contribution in [1.29, 1.82) is 0 Å². The molecular weight excluding hydrogens is 440 g/mol. The average molecular weight is 489 g/mol. The van der Waals surface area contributed by atoms with Crippen molar-refractivity contribution >= 4 is 5.97 Å². The Balaban J connectivity index is 1.65. The molecule has 4 fully saturated rings. The number of carboxylic acids is 1. The number of aliphatic hydroxyl groups is 3. The quantitative estimate of drug-likeness (QED) is 0.382. The summed E-state index contributed by atoms with van der Waals surface area (Å²) in [4.78, 5) is 12.8. The Morgan fingerprint density at radius 1 is 0.943 bits per heavy atom. The molecule has 4 saturated carbocycles. The van der Waals surface area contributed by atoms with Crippen LogP contribution in [-0.4, -0.2) is 44.2 Å². The summed E-state index contributed by atoms with van der Waals surface area (Å²) < 4.78 is 0.